The fraction of sp³-hybridized carbons (Fsp3) is 0.500. The van der Waals surface area contributed by atoms with Crippen molar-refractivity contribution in [1.29, 1.82) is 0 Å². The number of benzene rings is 1. The van der Waals surface area contributed by atoms with E-state index in [4.69, 9.17) is 5.11 Å². The fourth-order valence-electron chi connectivity index (χ4n) is 2.67. The molecule has 0 saturated carbocycles. The number of carbonyl (C=O) groups excluding carboxylic acids is 1. The van der Waals surface area contributed by atoms with Gasteiger partial charge in [-0.05, 0) is 49.9 Å². The molecular formula is C16H22N2O3. The highest BCUT2D eigenvalue weighted by molar-refractivity contribution is 5.89. The smallest absolute Gasteiger partial charge is 0.336 e. The third-order valence-electron chi connectivity index (χ3n) is 3.96. The summed E-state index contributed by atoms with van der Waals surface area (Å²) < 4.78 is 0. The average molecular weight is 290 g/mol. The van der Waals surface area contributed by atoms with Gasteiger partial charge in [-0.3, -0.25) is 4.79 Å². The highest BCUT2D eigenvalue weighted by Crippen LogP contribution is 2.17. The molecule has 1 amide bonds. The average Bonchev–Trinajstić information content (AvgIpc) is 2.52. The van der Waals surface area contributed by atoms with E-state index < -0.39 is 5.97 Å². The van der Waals surface area contributed by atoms with Crippen LogP contribution in [-0.4, -0.2) is 30.1 Å². The molecular weight excluding hydrogens is 268 g/mol. The molecule has 3 N–H and O–H groups in total. The number of amides is 1. The van der Waals surface area contributed by atoms with E-state index in [1.165, 1.54) is 0 Å². The van der Waals surface area contributed by atoms with Crippen molar-refractivity contribution in [3.05, 3.63) is 35.4 Å². The first-order chi connectivity index (χ1) is 10.2. The molecule has 1 aromatic carbocycles. The van der Waals surface area contributed by atoms with Crippen molar-refractivity contribution in [2.45, 2.75) is 32.2 Å². The number of carboxylic acids is 1. The lowest BCUT2D eigenvalue weighted by atomic mass is 9.93. The van der Waals surface area contributed by atoms with Crippen molar-refractivity contribution < 1.29 is 14.7 Å². The number of carboxylic acid groups (broad SMARTS) is 1. The van der Waals surface area contributed by atoms with Gasteiger partial charge in [0.1, 0.15) is 0 Å². The number of nitrogens with one attached hydrogen (secondary N) is 2. The van der Waals surface area contributed by atoms with Crippen molar-refractivity contribution in [3.8, 4) is 0 Å². The molecule has 0 radical (unpaired) electrons. The zero-order chi connectivity index (χ0) is 15.1. The van der Waals surface area contributed by atoms with Crippen molar-refractivity contribution in [1.82, 2.24) is 10.6 Å². The molecule has 0 unspecified atom stereocenters. The van der Waals surface area contributed by atoms with Crippen LogP contribution < -0.4 is 10.6 Å². The summed E-state index contributed by atoms with van der Waals surface area (Å²) in [6.07, 6.45) is 3.69. The molecule has 5 heteroatoms. The number of hydrogen-bond acceptors (Lipinski definition) is 3. The minimum Gasteiger partial charge on any atom is -0.478 e. The van der Waals surface area contributed by atoms with Crippen LogP contribution in [0.4, 0.5) is 0 Å². The first-order valence-electron chi connectivity index (χ1n) is 7.45. The number of rotatable bonds is 6. The molecule has 2 rings (SSSR count). The monoisotopic (exact) mass is 290 g/mol. The molecule has 0 bridgehead atoms. The summed E-state index contributed by atoms with van der Waals surface area (Å²) in [6, 6.07) is 6.75. The highest BCUT2D eigenvalue weighted by atomic mass is 16.4. The lowest BCUT2D eigenvalue weighted by Crippen LogP contribution is -2.29. The van der Waals surface area contributed by atoms with Crippen LogP contribution in [0.3, 0.4) is 0 Å². The summed E-state index contributed by atoms with van der Waals surface area (Å²) in [6.45, 7) is 2.35. The van der Waals surface area contributed by atoms with Crippen LogP contribution in [0.2, 0.25) is 0 Å². The Hall–Kier alpha value is -1.88. The second-order valence-electron chi connectivity index (χ2n) is 5.47. The van der Waals surface area contributed by atoms with Gasteiger partial charge in [-0.15, -0.1) is 0 Å². The van der Waals surface area contributed by atoms with E-state index in [-0.39, 0.29) is 18.0 Å². The maximum atomic E-state index is 11.9. The summed E-state index contributed by atoms with van der Waals surface area (Å²) in [5.74, 6) is -0.341. The number of hydrogen-bond donors (Lipinski definition) is 3. The van der Waals surface area contributed by atoms with Gasteiger partial charge < -0.3 is 15.7 Å². The number of piperidine rings is 1. The van der Waals surface area contributed by atoms with Gasteiger partial charge in [0, 0.05) is 13.0 Å². The largest absolute Gasteiger partial charge is 0.478 e. The molecule has 0 atom stereocenters. The highest BCUT2D eigenvalue weighted by Gasteiger charge is 2.15. The predicted molar refractivity (Wildman–Crippen MR) is 80.1 cm³/mol. The molecule has 1 fully saturated rings. The van der Waals surface area contributed by atoms with Crippen LogP contribution in [0.25, 0.3) is 0 Å². The molecule has 1 saturated heterocycles. The molecule has 1 aliphatic rings. The van der Waals surface area contributed by atoms with Crippen LogP contribution in [0.15, 0.2) is 24.3 Å². The molecule has 0 spiro atoms. The second kappa shape index (κ2) is 7.78. The van der Waals surface area contributed by atoms with Gasteiger partial charge >= 0.3 is 5.97 Å². The van der Waals surface area contributed by atoms with Crippen LogP contribution in [0.5, 0.6) is 0 Å². The van der Waals surface area contributed by atoms with E-state index in [1.54, 1.807) is 24.3 Å². The number of aromatic carboxylic acids is 1. The second-order valence-corrected chi connectivity index (χ2v) is 5.47. The minimum atomic E-state index is -0.963. The first-order valence-corrected chi connectivity index (χ1v) is 7.45. The molecule has 114 valence electrons. The zero-order valence-corrected chi connectivity index (χ0v) is 12.1. The normalized spacial score (nSPS) is 15.6. The molecule has 1 heterocycles. The lowest BCUT2D eigenvalue weighted by Gasteiger charge is -2.22. The summed E-state index contributed by atoms with van der Waals surface area (Å²) >= 11 is 0. The van der Waals surface area contributed by atoms with Crippen molar-refractivity contribution in [3.63, 3.8) is 0 Å². The lowest BCUT2D eigenvalue weighted by molar-refractivity contribution is -0.121. The van der Waals surface area contributed by atoms with E-state index in [1.807, 2.05) is 0 Å². The number of carbonyl (C=O) groups is 2. The van der Waals surface area contributed by atoms with Gasteiger partial charge in [0.15, 0.2) is 0 Å². The van der Waals surface area contributed by atoms with Crippen LogP contribution in [0, 0.1) is 5.92 Å². The van der Waals surface area contributed by atoms with Gasteiger partial charge in [-0.1, -0.05) is 18.2 Å². The summed E-state index contributed by atoms with van der Waals surface area (Å²) in [7, 11) is 0. The molecule has 1 aromatic rings. The van der Waals surface area contributed by atoms with Crippen molar-refractivity contribution in [2.75, 3.05) is 13.1 Å². The molecule has 5 nitrogen and oxygen atoms in total. The fourth-order valence-corrected chi connectivity index (χ4v) is 2.67. The molecule has 21 heavy (non-hydrogen) atoms. The standard InChI is InChI=1S/C16H22N2O3/c19-15(6-5-12-7-9-17-10-8-12)18-11-13-3-1-2-4-14(13)16(20)21/h1-4,12,17H,5-11H2,(H,18,19)(H,20,21). The molecule has 0 aromatic heterocycles. The third kappa shape index (κ3) is 4.86. The Morgan fingerprint density at radius 2 is 1.95 bits per heavy atom. The topological polar surface area (TPSA) is 78.4 Å². The third-order valence-corrected chi connectivity index (χ3v) is 3.96. The Morgan fingerprint density at radius 1 is 1.24 bits per heavy atom. The van der Waals surface area contributed by atoms with Crippen LogP contribution in [-0.2, 0) is 11.3 Å². The van der Waals surface area contributed by atoms with Crippen molar-refractivity contribution >= 4 is 11.9 Å². The minimum absolute atomic E-state index is 0.00581. The van der Waals surface area contributed by atoms with E-state index >= 15 is 0 Å². The maximum absolute atomic E-state index is 11.9. The van der Waals surface area contributed by atoms with Gasteiger partial charge in [0.25, 0.3) is 0 Å². The maximum Gasteiger partial charge on any atom is 0.336 e. The van der Waals surface area contributed by atoms with E-state index in [0.29, 0.717) is 17.9 Å². The molecule has 1 aliphatic heterocycles. The molecule has 0 aliphatic carbocycles. The Labute approximate surface area is 124 Å². The van der Waals surface area contributed by atoms with E-state index in [0.717, 1.165) is 32.4 Å². The zero-order valence-electron chi connectivity index (χ0n) is 12.1. The van der Waals surface area contributed by atoms with E-state index in [9.17, 15) is 9.59 Å². The van der Waals surface area contributed by atoms with Crippen molar-refractivity contribution in [2.24, 2.45) is 5.92 Å². The summed E-state index contributed by atoms with van der Waals surface area (Å²) in [5.41, 5.74) is 0.886. The first kappa shape index (κ1) is 15.5. The van der Waals surface area contributed by atoms with Gasteiger partial charge in [-0.2, -0.15) is 0 Å². The van der Waals surface area contributed by atoms with Crippen LogP contribution >= 0.6 is 0 Å². The summed E-state index contributed by atoms with van der Waals surface area (Å²) in [4.78, 5) is 22.9. The Kier molecular flexibility index (Phi) is 5.75. The van der Waals surface area contributed by atoms with E-state index in [2.05, 4.69) is 10.6 Å². The van der Waals surface area contributed by atoms with Gasteiger partial charge in [0.05, 0.1) is 5.56 Å². The van der Waals surface area contributed by atoms with Gasteiger partial charge in [0.2, 0.25) is 5.91 Å². The Morgan fingerprint density at radius 3 is 2.67 bits per heavy atom. The summed E-state index contributed by atoms with van der Waals surface area (Å²) in [5, 5.41) is 15.2. The SMILES string of the molecule is O=C(CCC1CCNCC1)NCc1ccccc1C(=O)O. The quantitative estimate of drug-likeness (QED) is 0.746. The Balaban J connectivity index is 1.77. The van der Waals surface area contributed by atoms with Gasteiger partial charge in [-0.25, -0.2) is 4.79 Å². The Bertz CT molecular complexity index is 496. The van der Waals surface area contributed by atoms with Crippen LogP contribution in [0.1, 0.15) is 41.6 Å². The predicted octanol–water partition coefficient (Wildman–Crippen LogP) is 1.78.